The van der Waals surface area contributed by atoms with Crippen LogP contribution in [0.5, 0.6) is 0 Å². The molecule has 0 aromatic carbocycles. The average molecular weight is 151 g/mol. The van der Waals surface area contributed by atoms with Crippen molar-refractivity contribution in [2.45, 2.75) is 0 Å². The Bertz CT molecular complexity index is 105. The zero-order valence-electron chi connectivity index (χ0n) is 3.01. The van der Waals surface area contributed by atoms with E-state index in [9.17, 15) is 4.57 Å². The Morgan fingerprint density at radius 2 is 1.88 bits per heavy atom. The van der Waals surface area contributed by atoms with Crippen LogP contribution in [0, 0.1) is 4.91 Å². The van der Waals surface area contributed by atoms with Crippen molar-refractivity contribution in [3.8, 4) is 0 Å². The molecule has 0 atom stereocenters. The normalized spacial score (nSPS) is 9.25. The van der Waals surface area contributed by atoms with Gasteiger partial charge in [-0.1, -0.05) is 0 Å². The maximum atomic E-state index is 9.41. The topological polar surface area (TPSA) is 96.2 Å². The van der Waals surface area contributed by atoms with Crippen molar-refractivity contribution >= 4 is 37.4 Å². The van der Waals surface area contributed by atoms with E-state index in [0.717, 1.165) is 0 Å². The Balaban J connectivity index is 0. The zero-order chi connectivity index (χ0) is 5.91. The molecule has 0 aromatic rings. The third-order valence-corrected chi connectivity index (χ3v) is 0.419. The predicted molar refractivity (Wildman–Crippen MR) is 26.1 cm³/mol. The quantitative estimate of drug-likeness (QED) is 0.231. The molecule has 6 nitrogen and oxygen atoms in total. The van der Waals surface area contributed by atoms with Crippen LogP contribution in [0.3, 0.4) is 0 Å². The summed E-state index contributed by atoms with van der Waals surface area (Å²) in [6.07, 6.45) is 0. The van der Waals surface area contributed by atoms with Crippen molar-refractivity contribution in [3.63, 3.8) is 0 Å². The Morgan fingerprint density at radius 3 is 1.88 bits per heavy atom. The molecule has 0 aliphatic rings. The van der Waals surface area contributed by atoms with E-state index in [-0.39, 0.29) is 29.6 Å². The van der Waals surface area contributed by atoms with Crippen LogP contribution in [0.4, 0.5) is 0 Å². The molecule has 0 radical (unpaired) electrons. The van der Waals surface area contributed by atoms with Crippen LogP contribution in [-0.4, -0.2) is 39.3 Å². The SMILES string of the molecule is O=NOP(=O)(O)O.[NaH]. The van der Waals surface area contributed by atoms with Gasteiger partial charge in [-0.05, 0) is 0 Å². The summed E-state index contributed by atoms with van der Waals surface area (Å²) in [6.45, 7) is 0. The van der Waals surface area contributed by atoms with Gasteiger partial charge in [-0.15, -0.1) is 4.91 Å². The molecule has 0 bridgehead atoms. The van der Waals surface area contributed by atoms with Crippen LogP contribution in [-0.2, 0) is 9.19 Å². The van der Waals surface area contributed by atoms with Gasteiger partial charge < -0.3 is 0 Å². The molecular formula is H3NNaO5P. The van der Waals surface area contributed by atoms with Crippen LogP contribution in [0.2, 0.25) is 0 Å². The minimum atomic E-state index is -4.64. The summed E-state index contributed by atoms with van der Waals surface area (Å²) in [5.74, 6) is 0. The van der Waals surface area contributed by atoms with Crippen molar-refractivity contribution in [2.24, 2.45) is 5.34 Å². The second-order valence-corrected chi connectivity index (χ2v) is 1.79. The molecule has 0 heterocycles. The summed E-state index contributed by atoms with van der Waals surface area (Å²) in [7, 11) is -4.64. The monoisotopic (exact) mass is 151 g/mol. The minimum absolute atomic E-state index is 0. The molecule has 0 amide bonds. The van der Waals surface area contributed by atoms with Gasteiger partial charge >= 0.3 is 37.4 Å². The summed E-state index contributed by atoms with van der Waals surface area (Å²) in [5, 5.41) is 1.49. The molecule has 0 fully saturated rings. The van der Waals surface area contributed by atoms with Gasteiger partial charge in [-0.25, -0.2) is 4.57 Å². The van der Waals surface area contributed by atoms with E-state index in [1.165, 1.54) is 5.34 Å². The first-order chi connectivity index (χ1) is 3.06. The van der Waals surface area contributed by atoms with Gasteiger partial charge in [0.2, 0.25) is 0 Å². The molecule has 44 valence electrons. The number of nitrogens with zero attached hydrogens (tertiary/aromatic N) is 1. The molecule has 0 saturated heterocycles. The van der Waals surface area contributed by atoms with Gasteiger partial charge in [0, 0.05) is 0 Å². The summed E-state index contributed by atoms with van der Waals surface area (Å²) in [5.41, 5.74) is 0. The molecule has 0 unspecified atom stereocenters. The van der Waals surface area contributed by atoms with Gasteiger partial charge in [0.1, 0.15) is 0 Å². The molecule has 0 aliphatic carbocycles. The fourth-order valence-corrected chi connectivity index (χ4v) is 0.130. The fourth-order valence-electron chi connectivity index (χ4n) is 0.0434. The summed E-state index contributed by atoms with van der Waals surface area (Å²) >= 11 is 0. The van der Waals surface area contributed by atoms with Crippen molar-refractivity contribution < 1.29 is 19.0 Å². The molecule has 8 heavy (non-hydrogen) atoms. The Hall–Kier alpha value is 0.550. The van der Waals surface area contributed by atoms with Crippen LogP contribution in [0.15, 0.2) is 5.34 Å². The van der Waals surface area contributed by atoms with E-state index in [1.54, 1.807) is 0 Å². The first-order valence-electron chi connectivity index (χ1n) is 1.13. The molecule has 0 spiro atoms. The van der Waals surface area contributed by atoms with E-state index < -0.39 is 7.82 Å². The van der Waals surface area contributed by atoms with E-state index in [4.69, 9.17) is 14.7 Å². The van der Waals surface area contributed by atoms with Crippen LogP contribution < -0.4 is 0 Å². The third kappa shape index (κ3) is 9.75. The zero-order valence-corrected chi connectivity index (χ0v) is 3.91. The van der Waals surface area contributed by atoms with E-state index >= 15 is 0 Å². The van der Waals surface area contributed by atoms with Crippen molar-refractivity contribution in [1.82, 2.24) is 0 Å². The van der Waals surface area contributed by atoms with E-state index in [2.05, 4.69) is 4.62 Å². The molecule has 0 rings (SSSR count). The second-order valence-electron chi connectivity index (χ2n) is 0.647. The van der Waals surface area contributed by atoms with Crippen LogP contribution in [0.1, 0.15) is 0 Å². The first kappa shape index (κ1) is 11.4. The fraction of sp³-hybridized carbons (Fsp3) is 0. The molecular weight excluding hydrogens is 148 g/mol. The number of hydrogen-bond acceptors (Lipinski definition) is 4. The Kier molecular flexibility index (Phi) is 6.29. The number of phosphoric acid groups is 1. The van der Waals surface area contributed by atoms with Gasteiger partial charge in [0.25, 0.3) is 0 Å². The van der Waals surface area contributed by atoms with Gasteiger partial charge in [-0.2, -0.15) is 0 Å². The van der Waals surface area contributed by atoms with Crippen LogP contribution in [0.25, 0.3) is 0 Å². The molecule has 0 aliphatic heterocycles. The summed E-state index contributed by atoms with van der Waals surface area (Å²) < 4.78 is 12.4. The predicted octanol–water partition coefficient (Wildman–Crippen LogP) is -0.871. The van der Waals surface area contributed by atoms with E-state index in [0.29, 0.717) is 0 Å². The van der Waals surface area contributed by atoms with Crippen molar-refractivity contribution in [1.29, 1.82) is 0 Å². The number of hydrogen-bond donors (Lipinski definition) is 2. The van der Waals surface area contributed by atoms with Gasteiger partial charge in [0.15, 0.2) is 5.34 Å². The Labute approximate surface area is 66.7 Å². The second kappa shape index (κ2) is 4.43. The van der Waals surface area contributed by atoms with Crippen molar-refractivity contribution in [3.05, 3.63) is 4.91 Å². The van der Waals surface area contributed by atoms with Crippen molar-refractivity contribution in [2.75, 3.05) is 0 Å². The average Bonchev–Trinajstić information content (AvgIpc) is 1.30. The van der Waals surface area contributed by atoms with Crippen LogP contribution >= 0.6 is 7.82 Å². The summed E-state index contributed by atoms with van der Waals surface area (Å²) in [4.78, 5) is 24.1. The Morgan fingerprint density at radius 1 is 1.50 bits per heavy atom. The standard InChI is InChI=1S/H2NO5P.Na.H/c2-1-6-7(3,4)5;;/h(H2,3,4,5);;. The van der Waals surface area contributed by atoms with Gasteiger partial charge in [0.05, 0.1) is 0 Å². The third-order valence-electron chi connectivity index (χ3n) is 0.140. The molecule has 0 aromatic heterocycles. The molecule has 0 saturated carbocycles. The number of rotatable bonds is 2. The van der Waals surface area contributed by atoms with E-state index in [1.807, 2.05) is 0 Å². The molecule has 2 N–H and O–H groups in total. The molecule has 8 heteroatoms. The van der Waals surface area contributed by atoms with Gasteiger partial charge in [-0.3, -0.25) is 14.4 Å². The first-order valence-corrected chi connectivity index (χ1v) is 2.66. The summed E-state index contributed by atoms with van der Waals surface area (Å²) in [6, 6.07) is 0. The maximum absolute atomic E-state index is 9.41.